The third kappa shape index (κ3) is 4.59. The molecule has 5 nitrogen and oxygen atoms in total. The highest BCUT2D eigenvalue weighted by Gasteiger charge is 2.08. The maximum absolute atomic E-state index is 11.9. The van der Waals surface area contributed by atoms with Gasteiger partial charge in [-0.15, -0.1) is 11.8 Å². The molecule has 24 heavy (non-hydrogen) atoms. The molecule has 0 saturated heterocycles. The smallest absolute Gasteiger partial charge is 0.235 e. The van der Waals surface area contributed by atoms with Gasteiger partial charge in [0.2, 0.25) is 11.8 Å². The number of thioether (sulfide) groups is 1. The molecule has 0 bridgehead atoms. The third-order valence-corrected chi connectivity index (χ3v) is 4.24. The lowest BCUT2D eigenvalue weighted by molar-refractivity contribution is -0.113. The van der Waals surface area contributed by atoms with Crippen LogP contribution in [0.1, 0.15) is 5.69 Å². The zero-order chi connectivity index (χ0) is 16.8. The van der Waals surface area contributed by atoms with Gasteiger partial charge in [0.15, 0.2) is 0 Å². The van der Waals surface area contributed by atoms with E-state index in [1.54, 1.807) is 18.4 Å². The highest BCUT2D eigenvalue weighted by Crippen LogP contribution is 2.20. The summed E-state index contributed by atoms with van der Waals surface area (Å²) < 4.78 is 5.47. The summed E-state index contributed by atoms with van der Waals surface area (Å²) in [6.07, 6.45) is 3.11. The van der Waals surface area contributed by atoms with Crippen molar-refractivity contribution in [1.82, 2.24) is 9.97 Å². The molecule has 1 N–H and O–H groups in total. The Bertz CT molecular complexity index is 806. The summed E-state index contributed by atoms with van der Waals surface area (Å²) >= 11 is 7.21. The quantitative estimate of drug-likeness (QED) is 0.712. The number of nitrogens with zero attached hydrogens (tertiary/aromatic N) is 2. The van der Waals surface area contributed by atoms with Crippen molar-refractivity contribution in [3.05, 3.63) is 65.6 Å². The molecule has 1 aromatic carbocycles. The molecule has 0 radical (unpaired) electrons. The molecular formula is C17H14ClN3O2S. The van der Waals surface area contributed by atoms with Gasteiger partial charge < -0.3 is 9.73 Å². The van der Waals surface area contributed by atoms with E-state index in [0.29, 0.717) is 28.2 Å². The third-order valence-electron chi connectivity index (χ3n) is 3.05. The molecule has 0 saturated carbocycles. The second-order valence-corrected chi connectivity index (χ2v) is 6.33. The summed E-state index contributed by atoms with van der Waals surface area (Å²) in [7, 11) is 0. The van der Waals surface area contributed by atoms with Crippen LogP contribution in [0.4, 0.5) is 5.82 Å². The number of rotatable bonds is 6. The Morgan fingerprint density at radius 2 is 2.04 bits per heavy atom. The van der Waals surface area contributed by atoms with E-state index in [1.165, 1.54) is 18.0 Å². The Morgan fingerprint density at radius 1 is 1.21 bits per heavy atom. The maximum atomic E-state index is 11.9. The molecule has 7 heteroatoms. The summed E-state index contributed by atoms with van der Waals surface area (Å²) in [4.78, 5) is 20.3. The summed E-state index contributed by atoms with van der Waals surface area (Å²) in [5.74, 6) is 1.84. The first-order valence-electron chi connectivity index (χ1n) is 7.20. The van der Waals surface area contributed by atoms with Gasteiger partial charge in [-0.2, -0.15) is 0 Å². The molecule has 0 aliphatic heterocycles. The van der Waals surface area contributed by atoms with Gasteiger partial charge in [-0.3, -0.25) is 4.79 Å². The second-order valence-electron chi connectivity index (χ2n) is 4.91. The van der Waals surface area contributed by atoms with Gasteiger partial charge in [0.25, 0.3) is 0 Å². The van der Waals surface area contributed by atoms with Crippen molar-refractivity contribution in [1.29, 1.82) is 0 Å². The minimum absolute atomic E-state index is 0.124. The fraction of sp³-hybridized carbons (Fsp3) is 0.118. The molecule has 122 valence electrons. The maximum Gasteiger partial charge on any atom is 0.235 e. The van der Waals surface area contributed by atoms with Gasteiger partial charge in [-0.1, -0.05) is 29.8 Å². The number of pyridine rings is 1. The molecule has 3 rings (SSSR count). The van der Waals surface area contributed by atoms with Crippen LogP contribution in [0.15, 0.2) is 59.3 Å². The highest BCUT2D eigenvalue weighted by atomic mass is 35.5. The fourth-order valence-corrected chi connectivity index (χ4v) is 2.78. The molecule has 0 unspecified atom stereocenters. The van der Waals surface area contributed by atoms with Crippen LogP contribution < -0.4 is 5.32 Å². The Balaban J connectivity index is 1.47. The largest absolute Gasteiger partial charge is 0.444 e. The molecule has 0 fully saturated rings. The lowest BCUT2D eigenvalue weighted by Gasteiger charge is -2.03. The normalized spacial score (nSPS) is 10.5. The SMILES string of the molecule is O=C(CSCc1coc(-c2ccccc2)n1)Nc1ccc(Cl)cn1. The molecule has 0 atom stereocenters. The fourth-order valence-electron chi connectivity index (χ4n) is 1.96. The van der Waals surface area contributed by atoms with Gasteiger partial charge in [-0.25, -0.2) is 9.97 Å². The van der Waals surface area contributed by atoms with Crippen LogP contribution >= 0.6 is 23.4 Å². The molecule has 0 aliphatic carbocycles. The molecule has 1 amide bonds. The number of oxazole rings is 1. The molecular weight excluding hydrogens is 346 g/mol. The van der Waals surface area contributed by atoms with Crippen LogP contribution in [0.5, 0.6) is 0 Å². The number of hydrogen-bond acceptors (Lipinski definition) is 5. The number of hydrogen-bond donors (Lipinski definition) is 1. The standard InChI is InChI=1S/C17H14ClN3O2S/c18-13-6-7-15(19-8-13)21-16(22)11-24-10-14-9-23-17(20-14)12-4-2-1-3-5-12/h1-9H,10-11H2,(H,19,21,22). The number of carbonyl (C=O) groups is 1. The van der Waals surface area contributed by atoms with Crippen molar-refractivity contribution < 1.29 is 9.21 Å². The number of amides is 1. The van der Waals surface area contributed by atoms with E-state index in [2.05, 4.69) is 15.3 Å². The first kappa shape index (κ1) is 16.5. The molecule has 3 aromatic rings. The van der Waals surface area contributed by atoms with Gasteiger partial charge in [0.05, 0.1) is 16.5 Å². The lowest BCUT2D eigenvalue weighted by Crippen LogP contribution is -2.15. The molecule has 2 aromatic heterocycles. The van der Waals surface area contributed by atoms with Crippen LogP contribution in [-0.4, -0.2) is 21.6 Å². The zero-order valence-corrected chi connectivity index (χ0v) is 14.2. The van der Waals surface area contributed by atoms with Crippen molar-refractivity contribution in [2.75, 3.05) is 11.1 Å². The number of aromatic nitrogens is 2. The van der Waals surface area contributed by atoms with Gasteiger partial charge >= 0.3 is 0 Å². The Morgan fingerprint density at radius 3 is 2.79 bits per heavy atom. The van der Waals surface area contributed by atoms with Crippen LogP contribution in [-0.2, 0) is 10.5 Å². The number of halogens is 1. The minimum atomic E-state index is -0.124. The first-order valence-corrected chi connectivity index (χ1v) is 8.73. The van der Waals surface area contributed by atoms with E-state index >= 15 is 0 Å². The molecule has 0 spiro atoms. The van der Waals surface area contributed by atoms with Gasteiger partial charge in [0, 0.05) is 17.5 Å². The summed E-state index contributed by atoms with van der Waals surface area (Å²) in [5.41, 5.74) is 1.73. The van der Waals surface area contributed by atoms with E-state index in [0.717, 1.165) is 11.3 Å². The van der Waals surface area contributed by atoms with Crippen molar-refractivity contribution in [2.24, 2.45) is 0 Å². The summed E-state index contributed by atoms with van der Waals surface area (Å²) in [6, 6.07) is 13.0. The summed E-state index contributed by atoms with van der Waals surface area (Å²) in [6.45, 7) is 0. The van der Waals surface area contributed by atoms with E-state index < -0.39 is 0 Å². The number of anilines is 1. The second kappa shape index (κ2) is 7.99. The monoisotopic (exact) mass is 359 g/mol. The van der Waals surface area contributed by atoms with E-state index in [4.69, 9.17) is 16.0 Å². The average Bonchev–Trinajstić information content (AvgIpc) is 3.07. The molecule has 2 heterocycles. The van der Waals surface area contributed by atoms with Crippen molar-refractivity contribution in [3.8, 4) is 11.5 Å². The first-order chi connectivity index (χ1) is 11.7. The van der Waals surface area contributed by atoms with E-state index in [-0.39, 0.29) is 5.91 Å². The average molecular weight is 360 g/mol. The van der Waals surface area contributed by atoms with Crippen LogP contribution in [0.3, 0.4) is 0 Å². The lowest BCUT2D eigenvalue weighted by atomic mass is 10.2. The number of carbonyl (C=O) groups excluding carboxylic acids is 1. The topological polar surface area (TPSA) is 68.0 Å². The van der Waals surface area contributed by atoms with Crippen molar-refractivity contribution >= 4 is 35.1 Å². The minimum Gasteiger partial charge on any atom is -0.444 e. The number of benzene rings is 1. The van der Waals surface area contributed by atoms with Crippen LogP contribution in [0.2, 0.25) is 5.02 Å². The van der Waals surface area contributed by atoms with Crippen LogP contribution in [0, 0.1) is 0 Å². The van der Waals surface area contributed by atoms with Crippen LogP contribution in [0.25, 0.3) is 11.5 Å². The zero-order valence-electron chi connectivity index (χ0n) is 12.6. The Labute approximate surface area is 148 Å². The Hall–Kier alpha value is -2.31. The highest BCUT2D eigenvalue weighted by molar-refractivity contribution is 7.99. The predicted octanol–water partition coefficient (Wildman–Crippen LogP) is 4.26. The van der Waals surface area contributed by atoms with Crippen molar-refractivity contribution in [2.45, 2.75) is 5.75 Å². The van der Waals surface area contributed by atoms with E-state index in [9.17, 15) is 4.79 Å². The van der Waals surface area contributed by atoms with E-state index in [1.807, 2.05) is 30.3 Å². The van der Waals surface area contributed by atoms with Gasteiger partial charge in [-0.05, 0) is 24.3 Å². The number of nitrogens with one attached hydrogen (secondary N) is 1. The van der Waals surface area contributed by atoms with Crippen molar-refractivity contribution in [3.63, 3.8) is 0 Å². The Kier molecular flexibility index (Phi) is 5.51. The predicted molar refractivity (Wildman–Crippen MR) is 96.0 cm³/mol. The molecule has 0 aliphatic rings. The van der Waals surface area contributed by atoms with Gasteiger partial charge in [0.1, 0.15) is 12.1 Å². The summed E-state index contributed by atoms with van der Waals surface area (Å²) in [5, 5.41) is 3.24.